The van der Waals surface area contributed by atoms with Crippen molar-refractivity contribution in [2.45, 2.75) is 43.6 Å². The van der Waals surface area contributed by atoms with E-state index in [1.165, 1.54) is 11.1 Å². The Morgan fingerprint density at radius 1 is 0.971 bits per heavy atom. The molecule has 0 radical (unpaired) electrons. The number of ether oxygens (including phenoxy) is 2. The fourth-order valence-electron chi connectivity index (χ4n) is 5.89. The molecule has 184 valence electrons. The van der Waals surface area contributed by atoms with E-state index in [0.29, 0.717) is 12.8 Å². The fraction of sp³-hybridized carbons (Fsp3) is 0.444. The van der Waals surface area contributed by atoms with E-state index in [1.54, 1.807) is 0 Å². The highest BCUT2D eigenvalue weighted by molar-refractivity contribution is 5.88. The maximum Gasteiger partial charge on any atom is 0.407 e. The summed E-state index contributed by atoms with van der Waals surface area (Å²) in [7, 11) is 0. The molecule has 2 aromatic rings. The summed E-state index contributed by atoms with van der Waals surface area (Å²) in [4.78, 5) is 36.1. The number of carboxylic acid groups (broad SMARTS) is 1. The first kappa shape index (κ1) is 23.4. The molecule has 3 aliphatic carbocycles. The van der Waals surface area contributed by atoms with Crippen LogP contribution in [0.25, 0.3) is 11.1 Å². The summed E-state index contributed by atoms with van der Waals surface area (Å²) >= 11 is 0. The maximum atomic E-state index is 12.2. The van der Waals surface area contributed by atoms with Crippen molar-refractivity contribution in [3.8, 4) is 11.1 Å². The number of benzene rings is 2. The molecular weight excluding hydrogens is 448 g/mol. The van der Waals surface area contributed by atoms with Crippen molar-refractivity contribution in [3.05, 3.63) is 59.7 Å². The minimum Gasteiger partial charge on any atom is -0.480 e. The Labute approximate surface area is 204 Å². The molecule has 0 saturated heterocycles. The van der Waals surface area contributed by atoms with Gasteiger partial charge in [0, 0.05) is 12.5 Å². The van der Waals surface area contributed by atoms with Crippen LogP contribution in [0.1, 0.15) is 49.1 Å². The minimum atomic E-state index is -1.17. The second-order valence-electron chi connectivity index (χ2n) is 9.95. The lowest BCUT2D eigenvalue weighted by Crippen LogP contribution is -2.68. The van der Waals surface area contributed by atoms with E-state index in [1.807, 2.05) is 24.3 Å². The first-order chi connectivity index (χ1) is 16.9. The van der Waals surface area contributed by atoms with Crippen LogP contribution in [0.5, 0.6) is 0 Å². The zero-order valence-electron chi connectivity index (χ0n) is 19.5. The zero-order chi connectivity index (χ0) is 24.5. The van der Waals surface area contributed by atoms with Crippen LogP contribution in [0.3, 0.4) is 0 Å². The van der Waals surface area contributed by atoms with Gasteiger partial charge >= 0.3 is 12.1 Å². The van der Waals surface area contributed by atoms with Gasteiger partial charge in [0.15, 0.2) is 0 Å². The molecule has 2 amide bonds. The van der Waals surface area contributed by atoms with Crippen LogP contribution in [0.2, 0.25) is 0 Å². The van der Waals surface area contributed by atoms with Crippen molar-refractivity contribution in [3.63, 3.8) is 0 Å². The number of alkyl carbamates (subject to hydrolysis) is 1. The Bertz CT molecular complexity index is 1090. The van der Waals surface area contributed by atoms with Gasteiger partial charge in [-0.25, -0.2) is 9.59 Å². The zero-order valence-corrected chi connectivity index (χ0v) is 19.5. The van der Waals surface area contributed by atoms with Crippen LogP contribution in [0.15, 0.2) is 48.5 Å². The van der Waals surface area contributed by atoms with Crippen LogP contribution in [0, 0.1) is 5.41 Å². The molecule has 0 aliphatic heterocycles. The number of rotatable bonds is 9. The monoisotopic (exact) mass is 478 g/mol. The molecule has 1 spiro atoms. The van der Waals surface area contributed by atoms with E-state index in [-0.39, 0.29) is 37.7 Å². The highest BCUT2D eigenvalue weighted by atomic mass is 16.5. The van der Waals surface area contributed by atoms with Gasteiger partial charge in [0.25, 0.3) is 0 Å². The highest BCUT2D eigenvalue weighted by Gasteiger charge is 2.61. The number of amides is 2. The molecule has 0 atom stereocenters. The summed E-state index contributed by atoms with van der Waals surface area (Å²) in [6, 6.07) is 16.3. The molecule has 5 rings (SSSR count). The molecule has 0 heterocycles. The summed E-state index contributed by atoms with van der Waals surface area (Å²) in [5, 5.41) is 14.9. The second-order valence-corrected chi connectivity index (χ2v) is 9.95. The van der Waals surface area contributed by atoms with E-state index < -0.39 is 23.5 Å². The number of carbonyl (C=O) groups is 3. The van der Waals surface area contributed by atoms with Crippen molar-refractivity contribution < 1.29 is 29.0 Å². The molecule has 8 heteroatoms. The quantitative estimate of drug-likeness (QED) is 0.476. The second kappa shape index (κ2) is 9.34. The van der Waals surface area contributed by atoms with Gasteiger partial charge in [0.2, 0.25) is 5.91 Å². The normalized spacial score (nSPS) is 18.5. The van der Waals surface area contributed by atoms with Crippen molar-refractivity contribution in [2.24, 2.45) is 5.41 Å². The van der Waals surface area contributed by atoms with Crippen molar-refractivity contribution in [2.75, 3.05) is 26.4 Å². The molecule has 2 saturated carbocycles. The van der Waals surface area contributed by atoms with Crippen LogP contribution in [-0.2, 0) is 19.1 Å². The van der Waals surface area contributed by atoms with Gasteiger partial charge in [-0.2, -0.15) is 0 Å². The average molecular weight is 479 g/mol. The van der Waals surface area contributed by atoms with Crippen LogP contribution in [0.4, 0.5) is 4.79 Å². The number of nitrogens with one attached hydrogen (secondary N) is 2. The fourth-order valence-corrected chi connectivity index (χ4v) is 5.89. The largest absolute Gasteiger partial charge is 0.480 e. The first-order valence-electron chi connectivity index (χ1n) is 12.1. The van der Waals surface area contributed by atoms with Crippen molar-refractivity contribution >= 4 is 18.0 Å². The number of carbonyl (C=O) groups excluding carboxylic acids is 2. The number of aliphatic carboxylic acids is 1. The predicted octanol–water partition coefficient (Wildman–Crippen LogP) is 3.45. The van der Waals surface area contributed by atoms with Crippen molar-refractivity contribution in [1.29, 1.82) is 0 Å². The minimum absolute atomic E-state index is 0.0137. The summed E-state index contributed by atoms with van der Waals surface area (Å²) in [5.41, 5.74) is 3.56. The number of hydrogen-bond donors (Lipinski definition) is 3. The highest BCUT2D eigenvalue weighted by Crippen LogP contribution is 2.60. The lowest BCUT2D eigenvalue weighted by molar-refractivity contribution is -0.166. The Morgan fingerprint density at radius 3 is 2.17 bits per heavy atom. The van der Waals surface area contributed by atoms with E-state index >= 15 is 0 Å². The Hall–Kier alpha value is -3.39. The van der Waals surface area contributed by atoms with Crippen LogP contribution in [-0.4, -0.2) is 55.0 Å². The molecule has 3 N–H and O–H groups in total. The standard InChI is InChI=1S/C27H30N2O6/c30-23(29-27(24(31)32)16-26(17-27)10-5-11-26)15-34-13-12-28-25(33)35-14-22-20-8-3-1-6-18(20)19-7-2-4-9-21(19)22/h1-4,6-9,22H,5,10-17H2,(H,28,33)(H,29,30)(H,31,32). The molecule has 0 unspecified atom stereocenters. The van der Waals surface area contributed by atoms with Gasteiger partial charge in [0.1, 0.15) is 18.8 Å². The van der Waals surface area contributed by atoms with Gasteiger partial charge in [-0.1, -0.05) is 55.0 Å². The molecule has 0 aromatic heterocycles. The molecule has 35 heavy (non-hydrogen) atoms. The van der Waals surface area contributed by atoms with Gasteiger partial charge in [-0.15, -0.1) is 0 Å². The molecule has 8 nitrogen and oxygen atoms in total. The van der Waals surface area contributed by atoms with E-state index in [9.17, 15) is 19.5 Å². The topological polar surface area (TPSA) is 114 Å². The summed E-state index contributed by atoms with van der Waals surface area (Å²) in [5.74, 6) is -1.46. The predicted molar refractivity (Wildman–Crippen MR) is 128 cm³/mol. The SMILES string of the molecule is O=C(COCCNC(=O)OCC1c2ccccc2-c2ccccc21)NC1(C(=O)O)CC2(CCC2)C1. The van der Waals surface area contributed by atoms with E-state index in [0.717, 1.165) is 30.4 Å². The summed E-state index contributed by atoms with van der Waals surface area (Å²) < 4.78 is 10.8. The molecule has 0 bridgehead atoms. The number of carboxylic acids is 1. The van der Waals surface area contributed by atoms with E-state index in [4.69, 9.17) is 9.47 Å². The summed E-state index contributed by atoms with van der Waals surface area (Å²) in [6.45, 7) is 0.259. The smallest absolute Gasteiger partial charge is 0.407 e. The number of hydrogen-bond acceptors (Lipinski definition) is 5. The van der Waals surface area contributed by atoms with Gasteiger partial charge in [-0.05, 0) is 53.4 Å². The molecule has 2 fully saturated rings. The third-order valence-corrected chi connectivity index (χ3v) is 7.65. The first-order valence-corrected chi connectivity index (χ1v) is 12.1. The lowest BCUT2D eigenvalue weighted by atomic mass is 9.48. The summed E-state index contributed by atoms with van der Waals surface area (Å²) in [6.07, 6.45) is 3.63. The lowest BCUT2D eigenvalue weighted by Gasteiger charge is -2.59. The maximum absolute atomic E-state index is 12.2. The molecule has 3 aliphatic rings. The number of fused-ring (bicyclic) bond motifs is 3. The molecule has 2 aromatic carbocycles. The third-order valence-electron chi connectivity index (χ3n) is 7.65. The van der Waals surface area contributed by atoms with Gasteiger partial charge in [0.05, 0.1) is 6.61 Å². The molecular formula is C27H30N2O6. The Kier molecular flexibility index (Phi) is 6.23. The third kappa shape index (κ3) is 4.50. The van der Waals surface area contributed by atoms with E-state index in [2.05, 4.69) is 34.9 Å². The van der Waals surface area contributed by atoms with Gasteiger partial charge in [-0.3, -0.25) is 4.79 Å². The van der Waals surface area contributed by atoms with Crippen LogP contribution < -0.4 is 10.6 Å². The van der Waals surface area contributed by atoms with Crippen molar-refractivity contribution in [1.82, 2.24) is 10.6 Å². The Morgan fingerprint density at radius 2 is 1.60 bits per heavy atom. The Balaban J connectivity index is 1.02. The van der Waals surface area contributed by atoms with Crippen LogP contribution >= 0.6 is 0 Å². The average Bonchev–Trinajstić information content (AvgIpc) is 3.12. The van der Waals surface area contributed by atoms with Gasteiger partial charge < -0.3 is 25.2 Å².